The molecule has 3 rings (SSSR count). The maximum atomic E-state index is 12.4. The van der Waals surface area contributed by atoms with Gasteiger partial charge in [0.05, 0.1) is 25.3 Å². The number of benzene rings is 2. The predicted molar refractivity (Wildman–Crippen MR) is 102 cm³/mol. The SMILES string of the molecule is COc1ccc(C/C(C)=N\NC(=O)c2cccc3cc[nH]c23)cc1OC. The Hall–Kier alpha value is -3.28. The number of carbonyl (C=O) groups excluding carboxylic acids is 1. The highest BCUT2D eigenvalue weighted by molar-refractivity contribution is 6.06. The van der Waals surface area contributed by atoms with Crippen LogP contribution in [-0.2, 0) is 6.42 Å². The van der Waals surface area contributed by atoms with Crippen LogP contribution in [0.5, 0.6) is 11.5 Å². The lowest BCUT2D eigenvalue weighted by Gasteiger charge is -2.09. The lowest BCUT2D eigenvalue weighted by atomic mass is 10.1. The van der Waals surface area contributed by atoms with Crippen molar-refractivity contribution in [2.24, 2.45) is 5.10 Å². The molecule has 6 heteroatoms. The highest BCUT2D eigenvalue weighted by Gasteiger charge is 2.10. The Bertz CT molecular complexity index is 960. The summed E-state index contributed by atoms with van der Waals surface area (Å²) in [5, 5.41) is 5.21. The van der Waals surface area contributed by atoms with Crippen molar-refractivity contribution < 1.29 is 14.3 Å². The van der Waals surface area contributed by atoms with Gasteiger partial charge in [0.15, 0.2) is 11.5 Å². The van der Waals surface area contributed by atoms with E-state index in [1.54, 1.807) is 20.3 Å². The van der Waals surface area contributed by atoms with Crippen molar-refractivity contribution in [1.29, 1.82) is 0 Å². The van der Waals surface area contributed by atoms with Gasteiger partial charge in [-0.1, -0.05) is 18.2 Å². The Labute approximate surface area is 151 Å². The first kappa shape index (κ1) is 17.5. The first-order valence-corrected chi connectivity index (χ1v) is 8.23. The van der Waals surface area contributed by atoms with Gasteiger partial charge in [-0.25, -0.2) is 5.43 Å². The third kappa shape index (κ3) is 3.69. The van der Waals surface area contributed by atoms with Crippen molar-refractivity contribution >= 4 is 22.5 Å². The molecule has 0 saturated heterocycles. The van der Waals surface area contributed by atoms with Crippen LogP contribution < -0.4 is 14.9 Å². The zero-order valence-electron chi connectivity index (χ0n) is 15.0. The minimum absolute atomic E-state index is 0.246. The van der Waals surface area contributed by atoms with Crippen molar-refractivity contribution in [2.75, 3.05) is 14.2 Å². The summed E-state index contributed by atoms with van der Waals surface area (Å²) in [6, 6.07) is 13.2. The molecule has 1 aromatic heterocycles. The third-order valence-corrected chi connectivity index (χ3v) is 4.09. The molecule has 0 fully saturated rings. The summed E-state index contributed by atoms with van der Waals surface area (Å²) < 4.78 is 10.5. The lowest BCUT2D eigenvalue weighted by molar-refractivity contribution is 0.0956. The number of methoxy groups -OCH3 is 2. The number of aromatic amines is 1. The summed E-state index contributed by atoms with van der Waals surface area (Å²) in [5.74, 6) is 1.10. The molecule has 6 nitrogen and oxygen atoms in total. The molecular weight excluding hydrogens is 330 g/mol. The Morgan fingerprint density at radius 3 is 2.69 bits per heavy atom. The van der Waals surface area contributed by atoms with Crippen LogP contribution in [0.25, 0.3) is 10.9 Å². The fourth-order valence-corrected chi connectivity index (χ4v) is 2.81. The van der Waals surface area contributed by atoms with Crippen LogP contribution in [0.3, 0.4) is 0 Å². The molecule has 2 N–H and O–H groups in total. The van der Waals surface area contributed by atoms with Gasteiger partial charge in [-0.3, -0.25) is 4.79 Å². The van der Waals surface area contributed by atoms with Gasteiger partial charge in [0.2, 0.25) is 0 Å². The van der Waals surface area contributed by atoms with E-state index in [0.717, 1.165) is 22.2 Å². The zero-order chi connectivity index (χ0) is 18.5. The molecule has 0 aliphatic carbocycles. The van der Waals surface area contributed by atoms with E-state index >= 15 is 0 Å². The fourth-order valence-electron chi connectivity index (χ4n) is 2.81. The van der Waals surface area contributed by atoms with Gasteiger partial charge < -0.3 is 14.5 Å². The fraction of sp³-hybridized carbons (Fsp3) is 0.200. The first-order chi connectivity index (χ1) is 12.6. The van der Waals surface area contributed by atoms with Crippen molar-refractivity contribution in [3.05, 3.63) is 59.8 Å². The van der Waals surface area contributed by atoms with Gasteiger partial charge in [0.25, 0.3) is 5.91 Å². The Morgan fingerprint density at radius 2 is 1.92 bits per heavy atom. The van der Waals surface area contributed by atoms with Crippen LogP contribution in [0.15, 0.2) is 53.8 Å². The minimum atomic E-state index is -0.246. The van der Waals surface area contributed by atoms with Gasteiger partial charge >= 0.3 is 0 Å². The molecule has 0 saturated carbocycles. The number of rotatable bonds is 6. The summed E-state index contributed by atoms with van der Waals surface area (Å²) in [6.45, 7) is 1.87. The largest absolute Gasteiger partial charge is 0.493 e. The van der Waals surface area contributed by atoms with Crippen molar-refractivity contribution in [3.8, 4) is 11.5 Å². The minimum Gasteiger partial charge on any atom is -0.493 e. The average Bonchev–Trinajstić information content (AvgIpc) is 3.14. The molecule has 2 aromatic carbocycles. The Balaban J connectivity index is 1.70. The smallest absolute Gasteiger partial charge is 0.273 e. The second-order valence-corrected chi connectivity index (χ2v) is 5.90. The molecule has 1 heterocycles. The molecule has 0 aliphatic heterocycles. The number of fused-ring (bicyclic) bond motifs is 1. The highest BCUT2D eigenvalue weighted by atomic mass is 16.5. The van der Waals surface area contributed by atoms with Gasteiger partial charge in [-0.2, -0.15) is 5.10 Å². The monoisotopic (exact) mass is 351 g/mol. The van der Waals surface area contributed by atoms with E-state index in [1.807, 2.05) is 49.5 Å². The maximum Gasteiger partial charge on any atom is 0.273 e. The lowest BCUT2D eigenvalue weighted by Crippen LogP contribution is -2.20. The summed E-state index contributed by atoms with van der Waals surface area (Å²) in [5.41, 5.74) is 5.79. The van der Waals surface area contributed by atoms with E-state index < -0.39 is 0 Å². The zero-order valence-corrected chi connectivity index (χ0v) is 15.0. The van der Waals surface area contributed by atoms with Crippen LogP contribution in [0.1, 0.15) is 22.8 Å². The van der Waals surface area contributed by atoms with E-state index in [0.29, 0.717) is 23.5 Å². The average molecular weight is 351 g/mol. The van der Waals surface area contributed by atoms with E-state index in [-0.39, 0.29) is 5.91 Å². The van der Waals surface area contributed by atoms with Gasteiger partial charge in [0, 0.05) is 23.7 Å². The highest BCUT2D eigenvalue weighted by Crippen LogP contribution is 2.27. The number of nitrogens with zero attached hydrogens (tertiary/aromatic N) is 1. The first-order valence-electron chi connectivity index (χ1n) is 8.23. The molecule has 1 amide bonds. The number of amides is 1. The van der Waals surface area contributed by atoms with Crippen LogP contribution >= 0.6 is 0 Å². The molecule has 26 heavy (non-hydrogen) atoms. The van der Waals surface area contributed by atoms with Gasteiger partial charge in [-0.15, -0.1) is 0 Å². The van der Waals surface area contributed by atoms with E-state index in [2.05, 4.69) is 15.5 Å². The number of carbonyl (C=O) groups is 1. The molecule has 0 unspecified atom stereocenters. The number of hydrogen-bond donors (Lipinski definition) is 2. The Morgan fingerprint density at radius 1 is 1.12 bits per heavy atom. The van der Waals surface area contributed by atoms with Gasteiger partial charge in [-0.05, 0) is 36.8 Å². The number of para-hydroxylation sites is 1. The number of H-pyrrole nitrogens is 1. The maximum absolute atomic E-state index is 12.4. The molecule has 0 atom stereocenters. The summed E-state index contributed by atoms with van der Waals surface area (Å²) >= 11 is 0. The second kappa shape index (κ2) is 7.74. The second-order valence-electron chi connectivity index (χ2n) is 5.90. The molecule has 3 aromatic rings. The van der Waals surface area contributed by atoms with Crippen LogP contribution in [0.2, 0.25) is 0 Å². The number of hydrazone groups is 1. The molecule has 0 radical (unpaired) electrons. The van der Waals surface area contributed by atoms with Crippen molar-refractivity contribution in [2.45, 2.75) is 13.3 Å². The standard InChI is InChI=1S/C20H21N3O3/c1-13(11-14-7-8-17(25-2)18(12-14)26-3)22-23-20(24)16-6-4-5-15-9-10-21-19(15)16/h4-10,12,21H,11H2,1-3H3,(H,23,24)/b22-13-. The van der Waals surface area contributed by atoms with Crippen LogP contribution in [-0.4, -0.2) is 30.8 Å². The summed E-state index contributed by atoms with van der Waals surface area (Å²) in [7, 11) is 3.20. The molecule has 0 aliphatic rings. The van der Waals surface area contributed by atoms with Crippen LogP contribution in [0.4, 0.5) is 0 Å². The van der Waals surface area contributed by atoms with E-state index in [9.17, 15) is 4.79 Å². The van der Waals surface area contributed by atoms with Gasteiger partial charge in [0.1, 0.15) is 0 Å². The normalized spacial score (nSPS) is 11.4. The topological polar surface area (TPSA) is 75.7 Å². The van der Waals surface area contributed by atoms with E-state index in [4.69, 9.17) is 9.47 Å². The molecule has 0 spiro atoms. The molecule has 0 bridgehead atoms. The molecule has 134 valence electrons. The number of aromatic nitrogens is 1. The third-order valence-electron chi connectivity index (χ3n) is 4.09. The van der Waals surface area contributed by atoms with Crippen LogP contribution in [0, 0.1) is 0 Å². The quantitative estimate of drug-likeness (QED) is 0.527. The summed E-state index contributed by atoms with van der Waals surface area (Å²) in [6.07, 6.45) is 2.40. The van der Waals surface area contributed by atoms with Crippen molar-refractivity contribution in [1.82, 2.24) is 10.4 Å². The number of ether oxygens (including phenoxy) is 2. The number of hydrogen-bond acceptors (Lipinski definition) is 4. The van der Waals surface area contributed by atoms with Crippen molar-refractivity contribution in [3.63, 3.8) is 0 Å². The predicted octanol–water partition coefficient (Wildman–Crippen LogP) is 3.53. The van der Waals surface area contributed by atoms with E-state index in [1.165, 1.54) is 0 Å². The summed E-state index contributed by atoms with van der Waals surface area (Å²) in [4.78, 5) is 15.5. The molecular formula is C20H21N3O3. The number of nitrogens with one attached hydrogen (secondary N) is 2. The Kier molecular flexibility index (Phi) is 5.22.